The van der Waals surface area contributed by atoms with Crippen LogP contribution in [-0.4, -0.2) is 39.9 Å². The van der Waals surface area contributed by atoms with Gasteiger partial charge in [0.1, 0.15) is 28.4 Å². The molecule has 0 spiro atoms. The zero-order chi connectivity index (χ0) is 38.6. The van der Waals surface area contributed by atoms with Crippen molar-refractivity contribution in [2.75, 3.05) is 0 Å². The maximum Gasteiger partial charge on any atom is 0.164 e. The summed E-state index contributed by atoms with van der Waals surface area (Å²) in [4.78, 5) is 37.0. The molecule has 0 amide bonds. The van der Waals surface area contributed by atoms with Crippen molar-refractivity contribution in [2.45, 2.75) is 103 Å². The van der Waals surface area contributed by atoms with E-state index in [0.29, 0.717) is 68.6 Å². The van der Waals surface area contributed by atoms with E-state index < -0.39 is 0 Å². The number of aryl methyl sites for hydroxylation is 1. The van der Waals surface area contributed by atoms with Gasteiger partial charge in [-0.25, -0.2) is 34.3 Å². The molecule has 5 heterocycles. The standard InChI is InChI=1S/C48H49FN8/c1-2-3-4-5-6-7-8-9-10-11-12-13-14-15-22-31-29-30-38-39(40(31)49)48-56-46-37-28-21-20-27-36(37)44(54-46)52-42-33-24-17-16-23-32(33)41(50-42)51-43-34-25-18-19-26-35(34)45(53-43)55-47(38)57-48/h16-21,23-30H,2-15,22H2,1H3,(H2,50,51,52,53,54,55,56,57). The average molecular weight is 757 g/mol. The highest BCUT2D eigenvalue weighted by Gasteiger charge is 2.23. The molecule has 0 saturated carbocycles. The summed E-state index contributed by atoms with van der Waals surface area (Å²) in [6.45, 7) is 2.27. The number of aromatic nitrogens is 8. The minimum Gasteiger partial charge on any atom is -0.324 e. The lowest BCUT2D eigenvalue weighted by Crippen LogP contribution is -1.93. The molecule has 7 aromatic rings. The largest absolute Gasteiger partial charge is 0.324 e. The van der Waals surface area contributed by atoms with Gasteiger partial charge in [0.15, 0.2) is 23.3 Å². The number of benzene rings is 4. The molecule has 0 atom stereocenters. The van der Waals surface area contributed by atoms with Gasteiger partial charge in [0.2, 0.25) is 0 Å². The maximum atomic E-state index is 16.8. The summed E-state index contributed by atoms with van der Waals surface area (Å²) < 4.78 is 16.8. The van der Waals surface area contributed by atoms with Crippen molar-refractivity contribution >= 4 is 44.1 Å². The summed E-state index contributed by atoms with van der Waals surface area (Å²) in [5, 5.41) is 2.89. The van der Waals surface area contributed by atoms with Gasteiger partial charge in [0.25, 0.3) is 0 Å². The summed E-state index contributed by atoms with van der Waals surface area (Å²) >= 11 is 0. The number of nitrogens with zero attached hydrogens (tertiary/aromatic N) is 6. The van der Waals surface area contributed by atoms with Crippen molar-refractivity contribution < 1.29 is 4.39 Å². The molecule has 0 saturated heterocycles. The summed E-state index contributed by atoms with van der Waals surface area (Å²) in [5.41, 5.74) is 6.24. The van der Waals surface area contributed by atoms with Crippen LogP contribution in [0, 0.1) is 5.82 Å². The molecule has 2 aliphatic rings. The lowest BCUT2D eigenvalue weighted by atomic mass is 10.0. The Morgan fingerprint density at radius 1 is 0.404 bits per heavy atom. The summed E-state index contributed by atoms with van der Waals surface area (Å²) in [6, 6.07) is 27.8. The first-order chi connectivity index (χ1) is 28.2. The molecule has 2 aliphatic heterocycles. The summed E-state index contributed by atoms with van der Waals surface area (Å²) in [5.74, 6) is 1.75. The van der Waals surface area contributed by atoms with E-state index >= 15 is 4.39 Å². The number of rotatable bonds is 15. The number of hydrogen-bond donors (Lipinski definition) is 2. The predicted molar refractivity (Wildman–Crippen MR) is 230 cm³/mol. The van der Waals surface area contributed by atoms with Crippen LogP contribution in [0.15, 0.2) is 84.9 Å². The van der Waals surface area contributed by atoms with Gasteiger partial charge in [-0.3, -0.25) is 0 Å². The first-order valence-corrected chi connectivity index (χ1v) is 21.1. The van der Waals surface area contributed by atoms with Gasteiger partial charge in [-0.1, -0.05) is 175 Å². The van der Waals surface area contributed by atoms with Crippen LogP contribution in [0.1, 0.15) is 102 Å². The molecule has 8 nitrogen and oxygen atoms in total. The van der Waals surface area contributed by atoms with Gasteiger partial charge in [0, 0.05) is 38.4 Å². The number of aromatic amines is 2. The highest BCUT2D eigenvalue weighted by molar-refractivity contribution is 6.06. The minimum absolute atomic E-state index is 0.265. The quantitative estimate of drug-likeness (QED) is 0.101. The predicted octanol–water partition coefficient (Wildman–Crippen LogP) is 13.0. The number of halogens is 1. The van der Waals surface area contributed by atoms with Crippen molar-refractivity contribution in [3.63, 3.8) is 0 Å². The van der Waals surface area contributed by atoms with Crippen molar-refractivity contribution in [1.29, 1.82) is 0 Å². The second kappa shape index (κ2) is 16.7. The van der Waals surface area contributed by atoms with Crippen LogP contribution in [0.25, 0.3) is 89.7 Å². The molecular weight excluding hydrogens is 708 g/mol. The van der Waals surface area contributed by atoms with Gasteiger partial charge in [-0.15, -0.1) is 0 Å². The Labute approximate surface area is 332 Å². The molecule has 8 bridgehead atoms. The molecule has 0 aliphatic carbocycles. The number of nitrogens with one attached hydrogen (secondary N) is 2. The maximum absolute atomic E-state index is 16.8. The third-order valence-electron chi connectivity index (χ3n) is 11.5. The lowest BCUT2D eigenvalue weighted by Gasteiger charge is -2.06. The zero-order valence-electron chi connectivity index (χ0n) is 32.8. The molecule has 0 radical (unpaired) electrons. The Balaban J connectivity index is 1.06. The van der Waals surface area contributed by atoms with Gasteiger partial charge < -0.3 is 9.97 Å². The fourth-order valence-electron chi connectivity index (χ4n) is 8.44. The van der Waals surface area contributed by atoms with Crippen LogP contribution in [0.3, 0.4) is 0 Å². The van der Waals surface area contributed by atoms with Crippen molar-refractivity contribution in [2.24, 2.45) is 0 Å². The van der Waals surface area contributed by atoms with Gasteiger partial charge in [-0.05, 0) is 18.4 Å². The third kappa shape index (κ3) is 7.55. The molecule has 9 heteroatoms. The van der Waals surface area contributed by atoms with Crippen LogP contribution < -0.4 is 0 Å². The number of fused-ring (bicyclic) bond motifs is 20. The van der Waals surface area contributed by atoms with Crippen molar-refractivity contribution in [3.8, 4) is 45.6 Å². The summed E-state index contributed by atoms with van der Waals surface area (Å²) in [6.07, 6.45) is 18.7. The Kier molecular flexibility index (Phi) is 10.8. The van der Waals surface area contributed by atoms with Crippen molar-refractivity contribution in [1.82, 2.24) is 39.9 Å². The smallest absolute Gasteiger partial charge is 0.164 e. The van der Waals surface area contributed by atoms with Crippen LogP contribution in [0.2, 0.25) is 0 Å². The Morgan fingerprint density at radius 3 is 1.26 bits per heavy atom. The fraction of sp³-hybridized carbons (Fsp3) is 0.333. The van der Waals surface area contributed by atoms with Crippen LogP contribution >= 0.6 is 0 Å². The molecule has 0 unspecified atom stereocenters. The van der Waals surface area contributed by atoms with Crippen LogP contribution in [0.5, 0.6) is 0 Å². The molecular formula is C48H49FN8. The second-order valence-electron chi connectivity index (χ2n) is 15.6. The van der Waals surface area contributed by atoms with E-state index in [1.807, 2.05) is 84.9 Å². The molecule has 0 fully saturated rings. The molecule has 3 aromatic heterocycles. The second-order valence-corrected chi connectivity index (χ2v) is 15.6. The highest BCUT2D eigenvalue weighted by Crippen LogP contribution is 2.37. The molecule has 57 heavy (non-hydrogen) atoms. The topological polar surface area (TPSA) is 109 Å². The molecule has 288 valence electrons. The van der Waals surface area contributed by atoms with E-state index in [4.69, 9.17) is 29.9 Å². The Bertz CT molecular complexity index is 2720. The zero-order valence-corrected chi connectivity index (χ0v) is 32.8. The fourth-order valence-corrected chi connectivity index (χ4v) is 8.44. The van der Waals surface area contributed by atoms with E-state index in [0.717, 1.165) is 45.9 Å². The first kappa shape index (κ1) is 36.8. The highest BCUT2D eigenvalue weighted by atomic mass is 19.1. The van der Waals surface area contributed by atoms with Crippen molar-refractivity contribution in [3.05, 3.63) is 96.3 Å². The Hall–Kier alpha value is -5.83. The van der Waals surface area contributed by atoms with E-state index in [-0.39, 0.29) is 5.82 Å². The molecule has 9 rings (SSSR count). The SMILES string of the molecule is CCCCCCCCCCCCCCCCc1ccc2c3nc4nc(nc5[nH]c(nc6nc(nc([nH]3)c2c1F)-c1ccccc1-6)c1ccccc51)-c1ccccc1-4. The van der Waals surface area contributed by atoms with Gasteiger partial charge in [-0.2, -0.15) is 0 Å². The third-order valence-corrected chi connectivity index (χ3v) is 11.5. The van der Waals surface area contributed by atoms with Gasteiger partial charge in [0.05, 0.1) is 5.39 Å². The van der Waals surface area contributed by atoms with E-state index in [1.165, 1.54) is 77.0 Å². The van der Waals surface area contributed by atoms with E-state index in [2.05, 4.69) is 16.9 Å². The Morgan fingerprint density at radius 2 is 0.789 bits per heavy atom. The first-order valence-electron chi connectivity index (χ1n) is 21.1. The average Bonchev–Trinajstić information content (AvgIpc) is 3.97. The minimum atomic E-state index is -0.265. The molecule has 2 N–H and O–H groups in total. The monoisotopic (exact) mass is 756 g/mol. The number of hydrogen-bond acceptors (Lipinski definition) is 6. The van der Waals surface area contributed by atoms with E-state index in [9.17, 15) is 0 Å². The van der Waals surface area contributed by atoms with Crippen LogP contribution in [-0.2, 0) is 6.42 Å². The van der Waals surface area contributed by atoms with Gasteiger partial charge >= 0.3 is 0 Å². The number of H-pyrrole nitrogens is 2. The normalized spacial score (nSPS) is 12.0. The summed E-state index contributed by atoms with van der Waals surface area (Å²) in [7, 11) is 0. The lowest BCUT2D eigenvalue weighted by molar-refractivity contribution is 0.534. The number of unbranched alkanes of at least 4 members (excludes halogenated alkanes) is 13. The molecule has 4 aromatic carbocycles. The van der Waals surface area contributed by atoms with E-state index in [1.54, 1.807) is 0 Å². The van der Waals surface area contributed by atoms with Crippen LogP contribution in [0.4, 0.5) is 4.39 Å².